The highest BCUT2D eigenvalue weighted by Gasteiger charge is 1.63. The summed E-state index contributed by atoms with van der Waals surface area (Å²) in [6.07, 6.45) is 3.78. The number of nitrogens with zero attached hydrogens (tertiary/aromatic N) is 2. The first-order chi connectivity index (χ1) is 3.00. The third-order valence-corrected chi connectivity index (χ3v) is 0.358. The molecule has 0 N–H and O–H groups in total. The summed E-state index contributed by atoms with van der Waals surface area (Å²) in [6, 6.07) is 5.01. The molecular weight excluding hydrogens is 76.1 g/mol. The van der Waals surface area contributed by atoms with Gasteiger partial charge in [-0.1, -0.05) is 0 Å². The Bertz CT molecular complexity index is 77.5. The van der Waals surface area contributed by atoms with Crippen LogP contribution in [0.2, 0.25) is 0 Å². The number of rotatable bonds is 0. The van der Waals surface area contributed by atoms with E-state index in [2.05, 4.69) is 28.5 Å². The van der Waals surface area contributed by atoms with E-state index in [0.717, 1.165) is 0 Å². The van der Waals surface area contributed by atoms with Crippen LogP contribution >= 0.6 is 0 Å². The molecule has 0 aliphatic carbocycles. The topological polar surface area (TPSA) is 25.8 Å². The second-order valence-electron chi connectivity index (χ2n) is 0.726. The zero-order valence-corrected chi connectivity index (χ0v) is 2.97. The second-order valence-corrected chi connectivity index (χ2v) is 0.726. The van der Waals surface area contributed by atoms with Crippen molar-refractivity contribution in [1.82, 2.24) is 10.2 Å². The molecule has 0 aliphatic heterocycles. The van der Waals surface area contributed by atoms with Crippen LogP contribution in [0.3, 0.4) is 0 Å². The van der Waals surface area contributed by atoms with E-state index in [1.807, 2.05) is 0 Å². The van der Waals surface area contributed by atoms with Crippen LogP contribution in [-0.2, 0) is 0 Å². The molecule has 1 aromatic rings. The van der Waals surface area contributed by atoms with Crippen molar-refractivity contribution in [3.05, 3.63) is 24.5 Å². The van der Waals surface area contributed by atoms with Crippen LogP contribution < -0.4 is 0 Å². The quantitative estimate of drug-likeness (QED) is 0.431. The highest BCUT2D eigenvalue weighted by Crippen LogP contribution is 1.63. The van der Waals surface area contributed by atoms with Crippen molar-refractivity contribution < 1.29 is 0 Å². The maximum Gasteiger partial charge on any atom is 0.122 e. The largest absolute Gasteiger partial charge is 0.158 e. The van der Waals surface area contributed by atoms with Gasteiger partial charge in [0.05, 0.1) is 6.20 Å². The molecule has 0 aliphatic rings. The molecule has 0 spiro atoms. The minimum Gasteiger partial charge on any atom is -0.158 e. The lowest BCUT2D eigenvalue weighted by molar-refractivity contribution is 1.02. The molecule has 0 amide bonds. The Labute approximate surface area is 35.8 Å². The minimum atomic E-state index is 1.43. The van der Waals surface area contributed by atoms with Gasteiger partial charge >= 0.3 is 0 Å². The fraction of sp³-hybridized carbons (Fsp3) is 0. The molecule has 0 saturated heterocycles. The van der Waals surface area contributed by atoms with Gasteiger partial charge in [-0.05, 0) is 0 Å². The van der Waals surface area contributed by atoms with Crippen LogP contribution in [0.25, 0.3) is 0 Å². The fourth-order valence-electron chi connectivity index (χ4n) is 0.176. The average Bonchev–Trinajstić information content (AvgIpc) is 1.72. The zero-order chi connectivity index (χ0) is 4.24. The van der Waals surface area contributed by atoms with Gasteiger partial charge in [0.2, 0.25) is 0 Å². The first-order valence-corrected chi connectivity index (χ1v) is 1.47. The molecule has 27 valence electrons. The van der Waals surface area contributed by atoms with Crippen LogP contribution in [0.15, 0.2) is 6.20 Å². The van der Waals surface area contributed by atoms with E-state index in [0.29, 0.717) is 0 Å². The molecule has 0 saturated carbocycles. The van der Waals surface area contributed by atoms with Crippen LogP contribution in [0.1, 0.15) is 0 Å². The molecule has 2 nitrogen and oxygen atoms in total. The summed E-state index contributed by atoms with van der Waals surface area (Å²) in [5, 5.41) is 6.72. The van der Waals surface area contributed by atoms with Gasteiger partial charge < -0.3 is 0 Å². The van der Waals surface area contributed by atoms with Gasteiger partial charge in [-0.25, -0.2) is 0 Å². The predicted octanol–water partition coefficient (Wildman–Crippen LogP) is -0.123. The predicted molar refractivity (Wildman–Crippen MR) is 18.5 cm³/mol. The molecular formula is C4HN2. The maximum atomic E-state index is 3.39. The molecule has 1 heterocycles. The van der Waals surface area contributed by atoms with E-state index in [-0.39, 0.29) is 0 Å². The minimum absolute atomic E-state index is 1.43. The maximum absolute atomic E-state index is 3.39. The zero-order valence-electron chi connectivity index (χ0n) is 2.97. The summed E-state index contributed by atoms with van der Waals surface area (Å²) < 4.78 is 0. The SMILES string of the molecule is [c]1[c]cnn[c]1. The van der Waals surface area contributed by atoms with Gasteiger partial charge in [0.1, 0.15) is 6.20 Å². The Kier molecular flexibility index (Phi) is 0.819. The van der Waals surface area contributed by atoms with Gasteiger partial charge in [-0.15, -0.1) is 5.10 Å². The average molecular weight is 77.1 g/mol. The van der Waals surface area contributed by atoms with Gasteiger partial charge in [-0.3, -0.25) is 0 Å². The normalized spacial score (nSPS) is 8.00. The van der Waals surface area contributed by atoms with Crippen LogP contribution in [0.4, 0.5) is 0 Å². The summed E-state index contributed by atoms with van der Waals surface area (Å²) in [5.41, 5.74) is 0. The van der Waals surface area contributed by atoms with Crippen molar-refractivity contribution >= 4 is 0 Å². The Morgan fingerprint density at radius 3 is 2.67 bits per heavy atom. The van der Waals surface area contributed by atoms with Crippen molar-refractivity contribution in [3.63, 3.8) is 0 Å². The van der Waals surface area contributed by atoms with E-state index < -0.39 is 0 Å². The third kappa shape index (κ3) is 0.516. The van der Waals surface area contributed by atoms with Crippen molar-refractivity contribution in [2.24, 2.45) is 0 Å². The molecule has 0 fully saturated rings. The smallest absolute Gasteiger partial charge is 0.122 e. The van der Waals surface area contributed by atoms with E-state index in [4.69, 9.17) is 0 Å². The highest BCUT2D eigenvalue weighted by molar-refractivity contribution is 4.72. The molecule has 6 heavy (non-hydrogen) atoms. The lowest BCUT2D eigenvalue weighted by Crippen LogP contribution is -1.72. The van der Waals surface area contributed by atoms with Crippen molar-refractivity contribution in [2.45, 2.75) is 0 Å². The first-order valence-electron chi connectivity index (χ1n) is 1.47. The number of aromatic nitrogens is 2. The fourth-order valence-corrected chi connectivity index (χ4v) is 0.176. The highest BCUT2D eigenvalue weighted by atomic mass is 15.1. The van der Waals surface area contributed by atoms with Gasteiger partial charge in [0, 0.05) is 12.1 Å². The van der Waals surface area contributed by atoms with E-state index in [1.54, 1.807) is 0 Å². The van der Waals surface area contributed by atoms with Crippen LogP contribution in [-0.4, -0.2) is 10.2 Å². The van der Waals surface area contributed by atoms with Crippen molar-refractivity contribution in [2.75, 3.05) is 0 Å². The summed E-state index contributed by atoms with van der Waals surface area (Å²) >= 11 is 0. The second kappa shape index (κ2) is 1.50. The van der Waals surface area contributed by atoms with Crippen molar-refractivity contribution in [1.29, 1.82) is 0 Å². The summed E-state index contributed by atoms with van der Waals surface area (Å²) in [4.78, 5) is 0. The Balaban J connectivity index is 3.00. The Morgan fingerprint density at radius 1 is 1.50 bits per heavy atom. The Hall–Kier alpha value is -0.920. The van der Waals surface area contributed by atoms with E-state index in [9.17, 15) is 0 Å². The van der Waals surface area contributed by atoms with Crippen LogP contribution in [0, 0.1) is 18.3 Å². The molecule has 0 atom stereocenters. The lowest BCUT2D eigenvalue weighted by atomic mass is 10.6. The molecule has 3 radical (unpaired) electrons. The monoisotopic (exact) mass is 77.0 g/mol. The Morgan fingerprint density at radius 2 is 2.50 bits per heavy atom. The van der Waals surface area contributed by atoms with Gasteiger partial charge in [0.25, 0.3) is 0 Å². The van der Waals surface area contributed by atoms with Crippen molar-refractivity contribution in [3.8, 4) is 0 Å². The molecule has 0 unspecified atom stereocenters. The standard InChI is InChI=1S/C4HN2/c1-2-4-6-5-3-1/h3H. The lowest BCUT2D eigenvalue weighted by Gasteiger charge is -1.66. The third-order valence-electron chi connectivity index (χ3n) is 0.358. The molecule has 0 bridgehead atoms. The van der Waals surface area contributed by atoms with Gasteiger partial charge in [-0.2, -0.15) is 5.10 Å². The summed E-state index contributed by atoms with van der Waals surface area (Å²) in [5.74, 6) is 0. The summed E-state index contributed by atoms with van der Waals surface area (Å²) in [6.45, 7) is 0. The van der Waals surface area contributed by atoms with E-state index >= 15 is 0 Å². The van der Waals surface area contributed by atoms with Crippen LogP contribution in [0.5, 0.6) is 0 Å². The molecule has 2 heteroatoms. The first kappa shape index (κ1) is 3.28. The molecule has 0 aromatic carbocycles. The van der Waals surface area contributed by atoms with E-state index in [1.165, 1.54) is 6.20 Å². The van der Waals surface area contributed by atoms with Gasteiger partial charge in [0.15, 0.2) is 0 Å². The summed E-state index contributed by atoms with van der Waals surface area (Å²) in [7, 11) is 0. The number of hydrogen-bond acceptors (Lipinski definition) is 2. The number of hydrogen-bond donors (Lipinski definition) is 0. The molecule has 1 aromatic heterocycles. The molecule has 1 rings (SSSR count).